The van der Waals surface area contributed by atoms with Gasteiger partial charge in [0.2, 0.25) is 0 Å². The van der Waals surface area contributed by atoms with Gasteiger partial charge in [-0.25, -0.2) is 9.38 Å². The minimum absolute atomic E-state index is 0.181. The SMILES string of the molecule is COCc1ccccc1NC(N)=NC1CC(c2cccc(F)c2)C1. The third-order valence-electron chi connectivity index (χ3n) is 4.33. The average molecular weight is 327 g/mol. The highest BCUT2D eigenvalue weighted by Gasteiger charge is 2.30. The number of ether oxygens (including phenoxy) is 1. The number of para-hydroxylation sites is 1. The van der Waals surface area contributed by atoms with Crippen molar-refractivity contribution in [3.05, 3.63) is 65.5 Å². The van der Waals surface area contributed by atoms with Gasteiger partial charge in [-0.05, 0) is 42.5 Å². The first-order valence-electron chi connectivity index (χ1n) is 8.08. The summed E-state index contributed by atoms with van der Waals surface area (Å²) >= 11 is 0. The van der Waals surface area contributed by atoms with Crippen LogP contribution < -0.4 is 11.1 Å². The van der Waals surface area contributed by atoms with Gasteiger partial charge in [-0.1, -0.05) is 30.3 Å². The molecule has 0 aliphatic heterocycles. The Labute approximate surface area is 141 Å². The van der Waals surface area contributed by atoms with E-state index in [2.05, 4.69) is 10.3 Å². The molecular formula is C19H22FN3O. The minimum Gasteiger partial charge on any atom is -0.380 e. The van der Waals surface area contributed by atoms with Crippen molar-refractivity contribution in [3.63, 3.8) is 0 Å². The number of rotatable bonds is 5. The zero-order valence-electron chi connectivity index (χ0n) is 13.7. The average Bonchev–Trinajstić information content (AvgIpc) is 2.52. The highest BCUT2D eigenvalue weighted by atomic mass is 19.1. The van der Waals surface area contributed by atoms with Gasteiger partial charge in [0.1, 0.15) is 5.82 Å². The molecule has 0 spiro atoms. The van der Waals surface area contributed by atoms with E-state index in [1.165, 1.54) is 6.07 Å². The first-order valence-corrected chi connectivity index (χ1v) is 8.08. The summed E-state index contributed by atoms with van der Waals surface area (Å²) in [6, 6.07) is 14.8. The van der Waals surface area contributed by atoms with E-state index in [-0.39, 0.29) is 11.9 Å². The molecule has 2 aromatic carbocycles. The molecule has 1 aliphatic carbocycles. The summed E-state index contributed by atoms with van der Waals surface area (Å²) in [7, 11) is 1.66. The van der Waals surface area contributed by atoms with Gasteiger partial charge in [0.05, 0.1) is 12.6 Å². The number of nitrogens with two attached hydrogens (primary N) is 1. The predicted molar refractivity (Wildman–Crippen MR) is 94.6 cm³/mol. The molecule has 1 saturated carbocycles. The van der Waals surface area contributed by atoms with Crippen LogP contribution in [0.1, 0.15) is 29.9 Å². The van der Waals surface area contributed by atoms with Crippen LogP contribution in [0.25, 0.3) is 0 Å². The molecule has 24 heavy (non-hydrogen) atoms. The van der Waals surface area contributed by atoms with Gasteiger partial charge >= 0.3 is 0 Å². The van der Waals surface area contributed by atoms with E-state index in [1.807, 2.05) is 30.3 Å². The molecule has 0 unspecified atom stereocenters. The normalized spacial score (nSPS) is 20.5. The van der Waals surface area contributed by atoms with Crippen molar-refractivity contribution in [3.8, 4) is 0 Å². The number of hydrogen-bond donors (Lipinski definition) is 2. The maximum atomic E-state index is 13.3. The summed E-state index contributed by atoms with van der Waals surface area (Å²) in [5.41, 5.74) is 9.00. The number of halogens is 1. The van der Waals surface area contributed by atoms with Gasteiger partial charge in [0.15, 0.2) is 5.96 Å². The van der Waals surface area contributed by atoms with Crippen LogP contribution in [0.4, 0.5) is 10.1 Å². The molecular weight excluding hydrogens is 305 g/mol. The van der Waals surface area contributed by atoms with Gasteiger partial charge in [-0.15, -0.1) is 0 Å². The predicted octanol–water partition coefficient (Wildman–Crippen LogP) is 3.64. The summed E-state index contributed by atoms with van der Waals surface area (Å²) in [6.45, 7) is 0.515. The second-order valence-electron chi connectivity index (χ2n) is 6.11. The quantitative estimate of drug-likeness (QED) is 0.651. The third-order valence-corrected chi connectivity index (χ3v) is 4.33. The first-order chi connectivity index (χ1) is 11.7. The molecule has 126 valence electrons. The van der Waals surface area contributed by atoms with Crippen molar-refractivity contribution in [2.24, 2.45) is 10.7 Å². The van der Waals surface area contributed by atoms with Crippen molar-refractivity contribution in [2.45, 2.75) is 31.4 Å². The summed E-state index contributed by atoms with van der Waals surface area (Å²) in [5, 5.41) is 3.15. The molecule has 5 heteroatoms. The van der Waals surface area contributed by atoms with Crippen molar-refractivity contribution >= 4 is 11.6 Å². The molecule has 4 nitrogen and oxygen atoms in total. The number of anilines is 1. The van der Waals surface area contributed by atoms with Crippen LogP contribution in [0.15, 0.2) is 53.5 Å². The number of aliphatic imine (C=N–C) groups is 1. The fraction of sp³-hybridized carbons (Fsp3) is 0.316. The van der Waals surface area contributed by atoms with E-state index >= 15 is 0 Å². The second kappa shape index (κ2) is 7.45. The van der Waals surface area contributed by atoms with Crippen molar-refractivity contribution < 1.29 is 9.13 Å². The minimum atomic E-state index is -0.185. The largest absolute Gasteiger partial charge is 0.380 e. The molecule has 3 rings (SSSR count). The maximum absolute atomic E-state index is 13.3. The summed E-state index contributed by atoms with van der Waals surface area (Å²) < 4.78 is 18.5. The highest BCUT2D eigenvalue weighted by Crippen LogP contribution is 2.38. The Bertz CT molecular complexity index is 726. The molecule has 2 aromatic rings. The molecule has 0 saturated heterocycles. The van der Waals surface area contributed by atoms with Crippen molar-refractivity contribution in [1.82, 2.24) is 0 Å². The lowest BCUT2D eigenvalue weighted by molar-refractivity contribution is 0.185. The Morgan fingerprint density at radius 3 is 2.79 bits per heavy atom. The van der Waals surface area contributed by atoms with E-state index in [1.54, 1.807) is 19.2 Å². The van der Waals surface area contributed by atoms with Crippen LogP contribution in [-0.2, 0) is 11.3 Å². The molecule has 0 radical (unpaired) electrons. The number of nitrogens with zero attached hydrogens (tertiary/aromatic N) is 1. The molecule has 0 heterocycles. The second-order valence-corrected chi connectivity index (χ2v) is 6.11. The molecule has 1 aliphatic rings. The number of benzene rings is 2. The van der Waals surface area contributed by atoms with Crippen LogP contribution in [-0.4, -0.2) is 19.1 Å². The Balaban J connectivity index is 1.58. The van der Waals surface area contributed by atoms with Crippen LogP contribution in [0.5, 0.6) is 0 Å². The Kier molecular flexibility index (Phi) is 5.11. The zero-order chi connectivity index (χ0) is 16.9. The fourth-order valence-corrected chi connectivity index (χ4v) is 3.02. The van der Waals surface area contributed by atoms with E-state index in [0.717, 1.165) is 29.7 Å². The van der Waals surface area contributed by atoms with Crippen LogP contribution in [0, 0.1) is 5.82 Å². The van der Waals surface area contributed by atoms with Gasteiger partial charge in [0.25, 0.3) is 0 Å². The van der Waals surface area contributed by atoms with Crippen molar-refractivity contribution in [1.29, 1.82) is 0 Å². The number of guanidine groups is 1. The number of methoxy groups -OCH3 is 1. The van der Waals surface area contributed by atoms with Crippen molar-refractivity contribution in [2.75, 3.05) is 12.4 Å². The Morgan fingerprint density at radius 2 is 2.04 bits per heavy atom. The lowest BCUT2D eigenvalue weighted by Crippen LogP contribution is -2.31. The summed E-state index contributed by atoms with van der Waals surface area (Å²) in [5.74, 6) is 0.583. The molecule has 0 atom stereocenters. The summed E-state index contributed by atoms with van der Waals surface area (Å²) in [6.07, 6.45) is 1.79. The summed E-state index contributed by atoms with van der Waals surface area (Å²) in [4.78, 5) is 4.53. The van der Waals surface area contributed by atoms with E-state index in [0.29, 0.717) is 18.5 Å². The molecule has 1 fully saturated rings. The Hall–Kier alpha value is -2.40. The maximum Gasteiger partial charge on any atom is 0.193 e. The molecule has 0 amide bonds. The third kappa shape index (κ3) is 3.92. The number of hydrogen-bond acceptors (Lipinski definition) is 2. The standard InChI is InChI=1S/C19H22FN3O/c1-24-12-14-5-2-3-8-18(14)23-19(21)22-17-10-15(11-17)13-6-4-7-16(20)9-13/h2-9,15,17H,10-12H2,1H3,(H3,21,22,23). The lowest BCUT2D eigenvalue weighted by Gasteiger charge is -2.33. The van der Waals surface area contributed by atoms with Gasteiger partial charge < -0.3 is 15.8 Å². The van der Waals surface area contributed by atoms with Crippen LogP contribution >= 0.6 is 0 Å². The monoisotopic (exact) mass is 327 g/mol. The van der Waals surface area contributed by atoms with Crippen LogP contribution in [0.2, 0.25) is 0 Å². The van der Waals surface area contributed by atoms with Gasteiger partial charge in [0, 0.05) is 18.4 Å². The van der Waals surface area contributed by atoms with Gasteiger partial charge in [-0.2, -0.15) is 0 Å². The smallest absolute Gasteiger partial charge is 0.193 e. The topological polar surface area (TPSA) is 59.6 Å². The van der Waals surface area contributed by atoms with E-state index in [9.17, 15) is 4.39 Å². The highest BCUT2D eigenvalue weighted by molar-refractivity contribution is 5.93. The first kappa shape index (κ1) is 16.5. The zero-order valence-corrected chi connectivity index (χ0v) is 13.7. The van der Waals surface area contributed by atoms with Crippen LogP contribution in [0.3, 0.4) is 0 Å². The number of nitrogens with one attached hydrogen (secondary N) is 1. The Morgan fingerprint density at radius 1 is 1.25 bits per heavy atom. The van der Waals surface area contributed by atoms with E-state index in [4.69, 9.17) is 10.5 Å². The fourth-order valence-electron chi connectivity index (χ4n) is 3.02. The molecule has 3 N–H and O–H groups in total. The molecule has 0 bridgehead atoms. The van der Waals surface area contributed by atoms with E-state index < -0.39 is 0 Å². The lowest BCUT2D eigenvalue weighted by atomic mass is 9.76. The molecule has 0 aromatic heterocycles. The van der Waals surface area contributed by atoms with Gasteiger partial charge in [-0.3, -0.25) is 0 Å².